The highest BCUT2D eigenvalue weighted by atomic mass is 35.5. The molecule has 0 aromatic heterocycles. The minimum atomic E-state index is -0.534. The van der Waals surface area contributed by atoms with Crippen LogP contribution < -0.4 is 5.32 Å². The predicted molar refractivity (Wildman–Crippen MR) is 138 cm³/mol. The van der Waals surface area contributed by atoms with Crippen LogP contribution in [0.1, 0.15) is 57.4 Å². The summed E-state index contributed by atoms with van der Waals surface area (Å²) in [5.41, 5.74) is 0.786. The van der Waals surface area contributed by atoms with E-state index in [0.29, 0.717) is 28.6 Å². The van der Waals surface area contributed by atoms with Crippen molar-refractivity contribution in [3.63, 3.8) is 0 Å². The zero-order valence-electron chi connectivity index (χ0n) is 19.1. The van der Waals surface area contributed by atoms with Crippen LogP contribution in [0.4, 0.5) is 0 Å². The van der Waals surface area contributed by atoms with E-state index in [0.717, 1.165) is 36.1 Å². The van der Waals surface area contributed by atoms with Gasteiger partial charge in [0.15, 0.2) is 0 Å². The first-order valence-electron chi connectivity index (χ1n) is 11.7. The number of carbonyl (C=O) groups is 2. The number of carbonyl (C=O) groups excluding carboxylic acids is 2. The summed E-state index contributed by atoms with van der Waals surface area (Å²) in [7, 11) is 0. The van der Waals surface area contributed by atoms with Crippen molar-refractivity contribution in [1.82, 2.24) is 10.2 Å². The van der Waals surface area contributed by atoms with Crippen LogP contribution >= 0.6 is 35.0 Å². The average molecular weight is 508 g/mol. The van der Waals surface area contributed by atoms with E-state index >= 15 is 0 Å². The molecule has 2 aromatic carbocycles. The Morgan fingerprint density at radius 3 is 2.48 bits per heavy atom. The molecule has 178 valence electrons. The molecule has 7 heteroatoms. The largest absolute Gasteiger partial charge is 0.352 e. The van der Waals surface area contributed by atoms with E-state index in [4.69, 9.17) is 23.2 Å². The molecule has 0 bridgehead atoms. The summed E-state index contributed by atoms with van der Waals surface area (Å²) in [6.45, 7) is 2.23. The van der Waals surface area contributed by atoms with Gasteiger partial charge in [-0.2, -0.15) is 0 Å². The van der Waals surface area contributed by atoms with Crippen molar-refractivity contribution in [2.45, 2.75) is 75.4 Å². The van der Waals surface area contributed by atoms with Crippen molar-refractivity contribution < 1.29 is 9.59 Å². The van der Waals surface area contributed by atoms with Gasteiger partial charge in [-0.15, -0.1) is 11.8 Å². The summed E-state index contributed by atoms with van der Waals surface area (Å²) < 4.78 is 0. The highest BCUT2D eigenvalue weighted by Gasteiger charge is 2.30. The first-order chi connectivity index (χ1) is 16.0. The molecule has 2 amide bonds. The summed E-state index contributed by atoms with van der Waals surface area (Å²) >= 11 is 14.1. The standard InChI is InChI=1S/C26H32Cl2N2O2S/c1-2-24(26(32)29-21-9-5-3-6-10-21)30(18-19-13-14-20(27)17-23(19)28)25(31)15-16-33-22-11-7-4-8-12-22/h4,7-8,11-14,17,21,24H,2-3,5-6,9-10,15-16,18H2,1H3,(H,29,32). The van der Waals surface area contributed by atoms with E-state index in [1.807, 2.05) is 43.3 Å². The van der Waals surface area contributed by atoms with Gasteiger partial charge in [-0.3, -0.25) is 9.59 Å². The number of thioether (sulfide) groups is 1. The molecular weight excluding hydrogens is 475 g/mol. The average Bonchev–Trinajstić information content (AvgIpc) is 2.81. The van der Waals surface area contributed by atoms with Crippen LogP contribution in [0.3, 0.4) is 0 Å². The lowest BCUT2D eigenvalue weighted by molar-refractivity contribution is -0.141. The molecule has 1 aliphatic rings. The highest BCUT2D eigenvalue weighted by Crippen LogP contribution is 2.25. The molecule has 2 aromatic rings. The van der Waals surface area contributed by atoms with Crippen LogP contribution in [0.5, 0.6) is 0 Å². The summed E-state index contributed by atoms with van der Waals surface area (Å²) in [4.78, 5) is 29.4. The van der Waals surface area contributed by atoms with Gasteiger partial charge in [-0.05, 0) is 49.1 Å². The topological polar surface area (TPSA) is 49.4 Å². The molecular formula is C26H32Cl2N2O2S. The van der Waals surface area contributed by atoms with E-state index in [9.17, 15) is 9.59 Å². The fraction of sp³-hybridized carbons (Fsp3) is 0.462. The van der Waals surface area contributed by atoms with E-state index < -0.39 is 6.04 Å². The van der Waals surface area contributed by atoms with Gasteiger partial charge in [0.05, 0.1) is 0 Å². The first kappa shape index (κ1) is 25.9. The summed E-state index contributed by atoms with van der Waals surface area (Å²) in [6, 6.07) is 15.0. The van der Waals surface area contributed by atoms with Crippen LogP contribution in [-0.2, 0) is 16.1 Å². The van der Waals surface area contributed by atoms with Crippen LogP contribution in [0.25, 0.3) is 0 Å². The molecule has 3 rings (SSSR count). The number of nitrogens with one attached hydrogen (secondary N) is 1. The molecule has 0 radical (unpaired) electrons. The van der Waals surface area contributed by atoms with Gasteiger partial charge in [0, 0.05) is 39.7 Å². The number of hydrogen-bond acceptors (Lipinski definition) is 3. The second kappa shape index (κ2) is 13.3. The summed E-state index contributed by atoms with van der Waals surface area (Å²) in [5, 5.41) is 4.25. The van der Waals surface area contributed by atoms with Gasteiger partial charge in [0.25, 0.3) is 0 Å². The Hall–Kier alpha value is -1.69. The summed E-state index contributed by atoms with van der Waals surface area (Å²) in [6.07, 6.45) is 6.41. The van der Waals surface area contributed by atoms with Gasteiger partial charge in [-0.1, -0.05) is 73.7 Å². The van der Waals surface area contributed by atoms with E-state index in [1.165, 1.54) is 6.42 Å². The Balaban J connectivity index is 1.73. The van der Waals surface area contributed by atoms with Gasteiger partial charge >= 0.3 is 0 Å². The zero-order valence-corrected chi connectivity index (χ0v) is 21.4. The summed E-state index contributed by atoms with van der Waals surface area (Å²) in [5.74, 6) is 0.530. The van der Waals surface area contributed by atoms with Gasteiger partial charge < -0.3 is 10.2 Å². The third-order valence-electron chi connectivity index (χ3n) is 6.02. The van der Waals surface area contributed by atoms with Crippen molar-refractivity contribution in [3.8, 4) is 0 Å². The van der Waals surface area contributed by atoms with Crippen molar-refractivity contribution in [3.05, 3.63) is 64.1 Å². The number of hydrogen-bond donors (Lipinski definition) is 1. The Labute approximate surface area is 211 Å². The zero-order chi connectivity index (χ0) is 23.6. The molecule has 1 N–H and O–H groups in total. The smallest absolute Gasteiger partial charge is 0.243 e. The molecule has 33 heavy (non-hydrogen) atoms. The van der Waals surface area contributed by atoms with Crippen LogP contribution in [-0.4, -0.2) is 34.6 Å². The SMILES string of the molecule is CCC(C(=O)NC1CCCCC1)N(Cc1ccc(Cl)cc1Cl)C(=O)CCSc1ccccc1. The van der Waals surface area contributed by atoms with Crippen molar-refractivity contribution in [2.75, 3.05) is 5.75 Å². The monoisotopic (exact) mass is 506 g/mol. The minimum absolute atomic E-state index is 0.0462. The Morgan fingerprint density at radius 2 is 1.82 bits per heavy atom. The molecule has 1 saturated carbocycles. The van der Waals surface area contributed by atoms with E-state index in [2.05, 4.69) is 5.32 Å². The fourth-order valence-electron chi connectivity index (χ4n) is 4.21. The molecule has 1 atom stereocenters. The quantitative estimate of drug-likeness (QED) is 0.363. The molecule has 0 saturated heterocycles. The number of halogens is 2. The van der Waals surface area contributed by atoms with E-state index in [1.54, 1.807) is 28.8 Å². The van der Waals surface area contributed by atoms with E-state index in [-0.39, 0.29) is 24.4 Å². The van der Waals surface area contributed by atoms with Crippen LogP contribution in [0.15, 0.2) is 53.4 Å². The maximum atomic E-state index is 13.4. The Bertz CT molecular complexity index is 920. The molecule has 4 nitrogen and oxygen atoms in total. The third kappa shape index (κ3) is 7.94. The number of amides is 2. The van der Waals surface area contributed by atoms with Gasteiger partial charge in [0.2, 0.25) is 11.8 Å². The second-order valence-corrected chi connectivity index (χ2v) is 10.4. The molecule has 1 fully saturated rings. The lowest BCUT2D eigenvalue weighted by Crippen LogP contribution is -2.51. The fourth-order valence-corrected chi connectivity index (χ4v) is 5.54. The maximum absolute atomic E-state index is 13.4. The lowest BCUT2D eigenvalue weighted by Gasteiger charge is -2.33. The van der Waals surface area contributed by atoms with Crippen molar-refractivity contribution >= 4 is 46.8 Å². The van der Waals surface area contributed by atoms with Crippen molar-refractivity contribution in [1.29, 1.82) is 0 Å². The van der Waals surface area contributed by atoms with Crippen LogP contribution in [0, 0.1) is 0 Å². The number of benzene rings is 2. The molecule has 1 aliphatic carbocycles. The second-order valence-electron chi connectivity index (χ2n) is 8.44. The Kier molecular flexibility index (Phi) is 10.4. The lowest BCUT2D eigenvalue weighted by atomic mass is 9.95. The van der Waals surface area contributed by atoms with Crippen LogP contribution in [0.2, 0.25) is 10.0 Å². The highest BCUT2D eigenvalue weighted by molar-refractivity contribution is 7.99. The number of nitrogens with zero attached hydrogens (tertiary/aromatic N) is 1. The normalized spacial score (nSPS) is 15.1. The predicted octanol–water partition coefficient (Wildman–Crippen LogP) is 6.73. The molecule has 1 unspecified atom stereocenters. The Morgan fingerprint density at radius 1 is 1.09 bits per heavy atom. The van der Waals surface area contributed by atoms with Gasteiger partial charge in [0.1, 0.15) is 6.04 Å². The van der Waals surface area contributed by atoms with Gasteiger partial charge in [-0.25, -0.2) is 0 Å². The molecule has 0 spiro atoms. The first-order valence-corrected chi connectivity index (χ1v) is 13.4. The maximum Gasteiger partial charge on any atom is 0.243 e. The number of rotatable bonds is 10. The minimum Gasteiger partial charge on any atom is -0.352 e. The molecule has 0 heterocycles. The van der Waals surface area contributed by atoms with Crippen molar-refractivity contribution in [2.24, 2.45) is 0 Å². The molecule has 0 aliphatic heterocycles. The third-order valence-corrected chi connectivity index (χ3v) is 7.62.